The molecule has 0 bridgehead atoms. The van der Waals surface area contributed by atoms with Crippen LogP contribution in [-0.2, 0) is 21.4 Å². The van der Waals surface area contributed by atoms with E-state index in [1.54, 1.807) is 36.4 Å². The summed E-state index contributed by atoms with van der Waals surface area (Å²) in [6.45, 7) is 6.23. The van der Waals surface area contributed by atoms with Gasteiger partial charge in [-0.05, 0) is 67.9 Å². The molecule has 4 rings (SSSR count). The van der Waals surface area contributed by atoms with Crippen LogP contribution < -0.4 is 24.0 Å². The number of hydrogen-bond donors (Lipinski definition) is 1. The first kappa shape index (κ1) is 25.4. The largest absolute Gasteiger partial charge is 0.497 e. The van der Waals surface area contributed by atoms with Crippen molar-refractivity contribution in [3.8, 4) is 11.5 Å². The van der Waals surface area contributed by atoms with Gasteiger partial charge in [-0.1, -0.05) is 24.3 Å². The predicted octanol–water partition coefficient (Wildman–Crippen LogP) is 3.81. The summed E-state index contributed by atoms with van der Waals surface area (Å²) in [5.41, 5.74) is 2.46. The summed E-state index contributed by atoms with van der Waals surface area (Å²) in [4.78, 5) is 15.4. The highest BCUT2D eigenvalue weighted by molar-refractivity contribution is 7.92. The number of carbonyl (C=O) groups excluding carboxylic acids is 1. The van der Waals surface area contributed by atoms with Crippen LogP contribution in [0.15, 0.2) is 77.7 Å². The number of methoxy groups -OCH3 is 1. The Bertz CT molecular complexity index is 1290. The van der Waals surface area contributed by atoms with Crippen molar-refractivity contribution in [1.82, 2.24) is 5.32 Å². The lowest BCUT2D eigenvalue weighted by atomic mass is 10.1. The molecule has 1 atom stereocenters. The highest BCUT2D eigenvalue weighted by Crippen LogP contribution is 2.37. The van der Waals surface area contributed by atoms with Crippen LogP contribution in [0.4, 0.5) is 11.4 Å². The number of sulfonamides is 1. The second-order valence-electron chi connectivity index (χ2n) is 8.34. The van der Waals surface area contributed by atoms with Crippen molar-refractivity contribution in [2.24, 2.45) is 0 Å². The number of fused-ring (bicyclic) bond motifs is 1. The smallest absolute Gasteiger partial charge is 0.264 e. The molecule has 36 heavy (non-hydrogen) atoms. The third kappa shape index (κ3) is 5.26. The minimum atomic E-state index is -3.94. The first-order valence-electron chi connectivity index (χ1n) is 11.9. The number of anilines is 2. The molecule has 3 aromatic carbocycles. The zero-order valence-electron chi connectivity index (χ0n) is 20.7. The number of rotatable bonds is 9. The molecule has 0 saturated carbocycles. The lowest BCUT2D eigenvalue weighted by molar-refractivity contribution is -0.127. The van der Waals surface area contributed by atoms with E-state index in [9.17, 15) is 13.2 Å². The first-order chi connectivity index (χ1) is 17.4. The van der Waals surface area contributed by atoms with Crippen molar-refractivity contribution in [3.05, 3.63) is 78.4 Å². The van der Waals surface area contributed by atoms with Crippen LogP contribution in [0, 0.1) is 0 Å². The van der Waals surface area contributed by atoms with E-state index in [0.29, 0.717) is 23.7 Å². The van der Waals surface area contributed by atoms with Crippen molar-refractivity contribution in [3.63, 3.8) is 0 Å². The van der Waals surface area contributed by atoms with Crippen LogP contribution in [0.25, 0.3) is 0 Å². The van der Waals surface area contributed by atoms with Gasteiger partial charge in [0.1, 0.15) is 11.5 Å². The van der Waals surface area contributed by atoms with Crippen LogP contribution in [-0.4, -0.2) is 47.2 Å². The van der Waals surface area contributed by atoms with Gasteiger partial charge in [-0.15, -0.1) is 0 Å². The fourth-order valence-corrected chi connectivity index (χ4v) is 5.63. The molecule has 0 saturated heterocycles. The van der Waals surface area contributed by atoms with Crippen LogP contribution >= 0.6 is 0 Å². The Labute approximate surface area is 212 Å². The van der Waals surface area contributed by atoms with Gasteiger partial charge < -0.3 is 19.7 Å². The molecule has 1 N–H and O–H groups in total. The average Bonchev–Trinajstić information content (AvgIpc) is 2.92. The van der Waals surface area contributed by atoms with Crippen molar-refractivity contribution in [2.45, 2.75) is 31.4 Å². The Morgan fingerprint density at radius 1 is 1.03 bits per heavy atom. The number of hydrogen-bond acceptors (Lipinski definition) is 6. The zero-order valence-corrected chi connectivity index (χ0v) is 21.5. The van der Waals surface area contributed by atoms with Crippen molar-refractivity contribution in [1.29, 1.82) is 0 Å². The van der Waals surface area contributed by atoms with Gasteiger partial charge in [-0.2, -0.15) is 0 Å². The van der Waals surface area contributed by atoms with Gasteiger partial charge in [-0.3, -0.25) is 9.10 Å². The van der Waals surface area contributed by atoms with Gasteiger partial charge in [0.2, 0.25) is 0 Å². The quantitative estimate of drug-likeness (QED) is 0.472. The van der Waals surface area contributed by atoms with Crippen LogP contribution in [0.3, 0.4) is 0 Å². The molecule has 1 aliphatic rings. The van der Waals surface area contributed by atoms with Crippen molar-refractivity contribution >= 4 is 27.3 Å². The van der Waals surface area contributed by atoms with Crippen LogP contribution in [0.1, 0.15) is 19.4 Å². The summed E-state index contributed by atoms with van der Waals surface area (Å²) in [6.07, 6.45) is -0.997. The monoisotopic (exact) mass is 509 g/mol. The van der Waals surface area contributed by atoms with Gasteiger partial charge in [0.15, 0.2) is 6.10 Å². The highest BCUT2D eigenvalue weighted by atomic mass is 32.2. The summed E-state index contributed by atoms with van der Waals surface area (Å²) >= 11 is 0. The second kappa shape index (κ2) is 10.9. The predicted molar refractivity (Wildman–Crippen MR) is 140 cm³/mol. The maximum Gasteiger partial charge on any atom is 0.264 e. The molecule has 3 aromatic rings. The number of benzene rings is 3. The summed E-state index contributed by atoms with van der Waals surface area (Å²) in [6, 6.07) is 21.0. The minimum Gasteiger partial charge on any atom is -0.497 e. The lowest BCUT2D eigenvalue weighted by Crippen LogP contribution is -2.50. The maximum absolute atomic E-state index is 13.5. The number of carbonyl (C=O) groups is 1. The molecule has 9 heteroatoms. The summed E-state index contributed by atoms with van der Waals surface area (Å²) < 4.78 is 39.3. The highest BCUT2D eigenvalue weighted by Gasteiger charge is 2.37. The first-order valence-corrected chi connectivity index (χ1v) is 13.4. The van der Waals surface area contributed by atoms with E-state index < -0.39 is 16.1 Å². The summed E-state index contributed by atoms with van der Waals surface area (Å²) in [7, 11) is -2.42. The molecule has 0 spiro atoms. The Morgan fingerprint density at radius 2 is 1.69 bits per heavy atom. The summed E-state index contributed by atoms with van der Waals surface area (Å²) in [5, 5.41) is 2.89. The van der Waals surface area contributed by atoms with Crippen LogP contribution in [0.2, 0.25) is 0 Å². The molecule has 8 nitrogen and oxygen atoms in total. The molecule has 1 aliphatic heterocycles. The topological polar surface area (TPSA) is 88.2 Å². The van der Waals surface area contributed by atoms with E-state index in [-0.39, 0.29) is 17.3 Å². The molecule has 0 aliphatic carbocycles. The molecule has 0 fully saturated rings. The van der Waals surface area contributed by atoms with E-state index in [2.05, 4.69) is 24.1 Å². The fourth-order valence-electron chi connectivity index (χ4n) is 4.16. The SMILES string of the molecule is CCN(CC)c1ccc(CNC(=O)[C@@H]2CN(S(=O)(=O)c3ccc(OC)cc3)c3ccccc3O2)cc1. The van der Waals surface area contributed by atoms with Gasteiger partial charge in [0, 0.05) is 25.3 Å². The normalized spacial score (nSPS) is 15.0. The fraction of sp³-hybridized carbons (Fsp3) is 0.296. The van der Waals surface area contributed by atoms with Gasteiger partial charge in [0.25, 0.3) is 15.9 Å². The molecule has 0 aromatic heterocycles. The van der Waals surface area contributed by atoms with Gasteiger partial charge in [-0.25, -0.2) is 8.42 Å². The van der Waals surface area contributed by atoms with E-state index in [0.717, 1.165) is 24.3 Å². The van der Waals surface area contributed by atoms with Crippen molar-refractivity contribution in [2.75, 3.05) is 35.9 Å². The number of nitrogens with zero attached hydrogens (tertiary/aromatic N) is 2. The van der Waals surface area contributed by atoms with E-state index >= 15 is 0 Å². The van der Waals surface area contributed by atoms with Gasteiger partial charge in [0.05, 0.1) is 24.2 Å². The second-order valence-corrected chi connectivity index (χ2v) is 10.2. The van der Waals surface area contributed by atoms with E-state index in [1.165, 1.54) is 23.5 Å². The molecule has 1 heterocycles. The Kier molecular flexibility index (Phi) is 7.69. The maximum atomic E-state index is 13.5. The average molecular weight is 510 g/mol. The third-order valence-corrected chi connectivity index (χ3v) is 8.00. The molecular weight excluding hydrogens is 478 g/mol. The Balaban J connectivity index is 1.51. The Morgan fingerprint density at radius 3 is 2.33 bits per heavy atom. The minimum absolute atomic E-state index is 0.104. The molecule has 1 amide bonds. The standard InChI is InChI=1S/C27H31N3O5S/c1-4-29(5-2)21-12-10-20(11-13-21)18-28-27(31)26-19-30(24-8-6-7-9-25(24)35-26)36(32,33)23-16-14-22(34-3)15-17-23/h6-17,26H,4-5,18-19H2,1-3H3,(H,28,31)/t26-/m0/s1. The summed E-state index contributed by atoms with van der Waals surface area (Å²) in [5.74, 6) is 0.510. The molecule has 0 unspecified atom stereocenters. The molecule has 0 radical (unpaired) electrons. The number of nitrogens with one attached hydrogen (secondary N) is 1. The molecular formula is C27H31N3O5S. The third-order valence-electron chi connectivity index (χ3n) is 6.21. The van der Waals surface area contributed by atoms with E-state index in [1.807, 2.05) is 24.3 Å². The van der Waals surface area contributed by atoms with Crippen LogP contribution in [0.5, 0.6) is 11.5 Å². The van der Waals surface area contributed by atoms with Crippen molar-refractivity contribution < 1.29 is 22.7 Å². The lowest BCUT2D eigenvalue weighted by Gasteiger charge is -2.34. The number of amides is 1. The number of ether oxygens (including phenoxy) is 2. The number of para-hydroxylation sites is 2. The Hall–Kier alpha value is -3.72. The zero-order chi connectivity index (χ0) is 25.7. The van der Waals surface area contributed by atoms with E-state index in [4.69, 9.17) is 9.47 Å². The van der Waals surface area contributed by atoms with Gasteiger partial charge >= 0.3 is 0 Å². The molecule has 190 valence electrons.